The van der Waals surface area contributed by atoms with Gasteiger partial charge in [0.25, 0.3) is 0 Å². The van der Waals surface area contributed by atoms with E-state index in [9.17, 15) is 9.59 Å². The molecule has 0 aromatic rings. The summed E-state index contributed by atoms with van der Waals surface area (Å²) < 4.78 is 4.40. The number of rotatable bonds is 9. The molecule has 1 amide bonds. The summed E-state index contributed by atoms with van der Waals surface area (Å²) in [7, 11) is 1.26. The van der Waals surface area contributed by atoms with Crippen molar-refractivity contribution >= 4 is 12.1 Å². The lowest BCUT2D eigenvalue weighted by Gasteiger charge is -2.13. The second-order valence-electron chi connectivity index (χ2n) is 4.08. The van der Waals surface area contributed by atoms with Crippen molar-refractivity contribution in [3.63, 3.8) is 0 Å². The number of carbonyl (C=O) groups is 2. The van der Waals surface area contributed by atoms with Crippen molar-refractivity contribution in [3.8, 4) is 0 Å². The Kier molecular flexibility index (Phi) is 9.73. The van der Waals surface area contributed by atoms with Gasteiger partial charge in [0, 0.05) is 18.8 Å². The first-order chi connectivity index (χ1) is 8.61. The number of methoxy groups -OCH3 is 1. The number of nitrogens with zero attached hydrogens (tertiary/aromatic N) is 1. The van der Waals surface area contributed by atoms with Crippen LogP contribution in [0, 0.1) is 0 Å². The van der Waals surface area contributed by atoms with Crippen molar-refractivity contribution in [2.45, 2.75) is 45.4 Å². The Morgan fingerprint density at radius 2 is 1.78 bits per heavy atom. The van der Waals surface area contributed by atoms with Crippen LogP contribution in [0.2, 0.25) is 0 Å². The van der Waals surface area contributed by atoms with Gasteiger partial charge in [-0.15, -0.1) is 0 Å². The molecule has 0 rings (SSSR count). The third-order valence-corrected chi connectivity index (χ3v) is 2.59. The third-order valence-electron chi connectivity index (χ3n) is 2.59. The van der Waals surface area contributed by atoms with E-state index in [4.69, 9.17) is 5.11 Å². The molecular weight excluding hydrogens is 234 g/mol. The average Bonchev–Trinajstić information content (AvgIpc) is 2.36. The number of amides is 1. The Labute approximate surface area is 108 Å². The summed E-state index contributed by atoms with van der Waals surface area (Å²) in [6.07, 6.45) is 7.88. The zero-order chi connectivity index (χ0) is 13.8. The monoisotopic (exact) mass is 257 g/mol. The Morgan fingerprint density at radius 1 is 1.17 bits per heavy atom. The summed E-state index contributed by atoms with van der Waals surface area (Å²) in [5.41, 5.74) is 0. The summed E-state index contributed by atoms with van der Waals surface area (Å²) in [6, 6.07) is 0. The van der Waals surface area contributed by atoms with E-state index < -0.39 is 12.1 Å². The first-order valence-corrected chi connectivity index (χ1v) is 6.37. The van der Waals surface area contributed by atoms with Crippen molar-refractivity contribution in [1.29, 1.82) is 0 Å². The van der Waals surface area contributed by atoms with E-state index in [-0.39, 0.29) is 0 Å². The van der Waals surface area contributed by atoms with Crippen LogP contribution in [0.3, 0.4) is 0 Å². The molecule has 5 nitrogen and oxygen atoms in total. The number of carboxylic acid groups (broad SMARTS) is 1. The van der Waals surface area contributed by atoms with E-state index >= 15 is 0 Å². The lowest BCUT2D eigenvalue weighted by atomic mass is 10.1. The molecule has 0 aliphatic heterocycles. The molecule has 5 heteroatoms. The zero-order valence-corrected chi connectivity index (χ0v) is 11.2. The fourth-order valence-electron chi connectivity index (χ4n) is 1.52. The minimum Gasteiger partial charge on any atom is -0.466 e. The smallest absolute Gasteiger partial charge is 0.411 e. The predicted octanol–water partition coefficient (Wildman–Crippen LogP) is 3.01. The van der Waals surface area contributed by atoms with Gasteiger partial charge in [-0.1, -0.05) is 39.0 Å². The minimum absolute atomic E-state index is 0.412. The van der Waals surface area contributed by atoms with Gasteiger partial charge in [-0.05, 0) is 6.42 Å². The van der Waals surface area contributed by atoms with Crippen LogP contribution in [0.5, 0.6) is 0 Å². The van der Waals surface area contributed by atoms with Crippen LogP contribution >= 0.6 is 0 Å². The maximum Gasteiger partial charge on any atom is 0.411 e. The second-order valence-corrected chi connectivity index (χ2v) is 4.08. The maximum absolute atomic E-state index is 10.9. The summed E-state index contributed by atoms with van der Waals surface area (Å²) in [4.78, 5) is 22.9. The van der Waals surface area contributed by atoms with Gasteiger partial charge in [0.1, 0.15) is 0 Å². The molecule has 0 heterocycles. The zero-order valence-electron chi connectivity index (χ0n) is 11.2. The Hall–Kier alpha value is -1.52. The molecule has 0 aliphatic carbocycles. The standard InChI is InChI=1S/C13H23NO4/c1-3-4-5-6-7-8-10-14(13(16)17)11-9-12(15)18-2/h9,11H,3-8,10H2,1-2H3,(H,16,17). The fraction of sp³-hybridized carbons (Fsp3) is 0.692. The molecule has 0 unspecified atom stereocenters. The van der Waals surface area contributed by atoms with E-state index in [0.29, 0.717) is 6.54 Å². The maximum atomic E-state index is 10.9. The van der Waals surface area contributed by atoms with Crippen LogP contribution in [0.1, 0.15) is 45.4 Å². The van der Waals surface area contributed by atoms with Crippen LogP contribution in [-0.2, 0) is 9.53 Å². The normalized spacial score (nSPS) is 10.6. The van der Waals surface area contributed by atoms with Crippen molar-refractivity contribution in [2.24, 2.45) is 0 Å². The number of ether oxygens (including phenoxy) is 1. The Morgan fingerprint density at radius 3 is 2.33 bits per heavy atom. The molecule has 0 saturated heterocycles. The lowest BCUT2D eigenvalue weighted by Crippen LogP contribution is -2.25. The molecule has 0 aromatic carbocycles. The fourth-order valence-corrected chi connectivity index (χ4v) is 1.52. The largest absolute Gasteiger partial charge is 0.466 e. The van der Waals surface area contributed by atoms with Gasteiger partial charge >= 0.3 is 12.1 Å². The summed E-state index contributed by atoms with van der Waals surface area (Å²) in [5, 5.41) is 8.92. The summed E-state index contributed by atoms with van der Waals surface area (Å²) in [5.74, 6) is -0.552. The van der Waals surface area contributed by atoms with Gasteiger partial charge in [0.05, 0.1) is 7.11 Å². The molecule has 0 bridgehead atoms. The molecule has 0 aromatic heterocycles. The number of esters is 1. The van der Waals surface area contributed by atoms with Gasteiger partial charge in [0.15, 0.2) is 0 Å². The number of hydrogen-bond acceptors (Lipinski definition) is 3. The first kappa shape index (κ1) is 16.5. The summed E-state index contributed by atoms with van der Waals surface area (Å²) >= 11 is 0. The third kappa shape index (κ3) is 8.61. The van der Waals surface area contributed by atoms with Crippen LogP contribution in [0.4, 0.5) is 4.79 Å². The molecule has 0 fully saturated rings. The minimum atomic E-state index is -1.05. The van der Waals surface area contributed by atoms with Gasteiger partial charge in [-0.3, -0.25) is 4.90 Å². The Balaban J connectivity index is 3.88. The van der Waals surface area contributed by atoms with E-state index in [0.717, 1.165) is 30.2 Å². The molecule has 0 saturated carbocycles. The van der Waals surface area contributed by atoms with Crippen LogP contribution in [0.15, 0.2) is 12.3 Å². The highest BCUT2D eigenvalue weighted by Crippen LogP contribution is 2.06. The molecule has 0 atom stereocenters. The van der Waals surface area contributed by atoms with Gasteiger partial charge in [-0.2, -0.15) is 0 Å². The highest BCUT2D eigenvalue weighted by molar-refractivity contribution is 5.82. The topological polar surface area (TPSA) is 66.8 Å². The molecule has 0 spiro atoms. The average molecular weight is 257 g/mol. The van der Waals surface area contributed by atoms with Gasteiger partial charge in [0.2, 0.25) is 0 Å². The molecular formula is C13H23NO4. The number of hydrogen-bond donors (Lipinski definition) is 1. The molecule has 0 aliphatic rings. The van der Waals surface area contributed by atoms with E-state index in [1.807, 2.05) is 0 Å². The predicted molar refractivity (Wildman–Crippen MR) is 69.3 cm³/mol. The highest BCUT2D eigenvalue weighted by atomic mass is 16.5. The van der Waals surface area contributed by atoms with Crippen molar-refractivity contribution in [3.05, 3.63) is 12.3 Å². The van der Waals surface area contributed by atoms with E-state index in [1.54, 1.807) is 0 Å². The molecule has 0 radical (unpaired) electrons. The number of carbonyl (C=O) groups excluding carboxylic acids is 1. The number of unbranched alkanes of at least 4 members (excludes halogenated alkanes) is 5. The highest BCUT2D eigenvalue weighted by Gasteiger charge is 2.08. The molecule has 18 heavy (non-hydrogen) atoms. The summed E-state index contributed by atoms with van der Waals surface area (Å²) in [6.45, 7) is 2.57. The van der Waals surface area contributed by atoms with Gasteiger partial charge < -0.3 is 9.84 Å². The first-order valence-electron chi connectivity index (χ1n) is 6.37. The van der Waals surface area contributed by atoms with Crippen molar-refractivity contribution < 1.29 is 19.4 Å². The van der Waals surface area contributed by atoms with E-state index in [2.05, 4.69) is 11.7 Å². The van der Waals surface area contributed by atoms with Gasteiger partial charge in [-0.25, -0.2) is 9.59 Å². The SMILES string of the molecule is CCCCCCCCN(C=CC(=O)OC)C(=O)O. The lowest BCUT2D eigenvalue weighted by molar-refractivity contribution is -0.134. The molecule has 1 N–H and O–H groups in total. The van der Waals surface area contributed by atoms with Crippen molar-refractivity contribution in [2.75, 3.05) is 13.7 Å². The van der Waals surface area contributed by atoms with Crippen LogP contribution < -0.4 is 0 Å². The van der Waals surface area contributed by atoms with Crippen LogP contribution in [0.25, 0.3) is 0 Å². The van der Waals surface area contributed by atoms with Crippen molar-refractivity contribution in [1.82, 2.24) is 4.90 Å². The van der Waals surface area contributed by atoms with E-state index in [1.165, 1.54) is 32.6 Å². The quantitative estimate of drug-likeness (QED) is 0.391. The molecule has 104 valence electrons. The van der Waals surface area contributed by atoms with Crippen LogP contribution in [-0.4, -0.2) is 35.7 Å². The Bertz CT molecular complexity index is 276. The second kappa shape index (κ2) is 10.6.